The lowest BCUT2D eigenvalue weighted by atomic mass is 9.90. The van der Waals surface area contributed by atoms with E-state index < -0.39 is 11.8 Å². The van der Waals surface area contributed by atoms with Gasteiger partial charge < -0.3 is 5.32 Å². The Morgan fingerprint density at radius 3 is 2.21 bits per heavy atom. The van der Waals surface area contributed by atoms with Gasteiger partial charge in [0.25, 0.3) is 11.8 Å². The van der Waals surface area contributed by atoms with E-state index in [1.165, 1.54) is 6.07 Å². The van der Waals surface area contributed by atoms with Crippen LogP contribution >= 0.6 is 23.2 Å². The molecule has 3 rings (SSSR count). The molecule has 0 saturated heterocycles. The first kappa shape index (κ1) is 19.9. The average Bonchev–Trinajstić information content (AvgIpc) is 2.71. The van der Waals surface area contributed by atoms with E-state index in [-0.39, 0.29) is 10.9 Å². The molecule has 142 valence electrons. The van der Waals surface area contributed by atoms with Crippen LogP contribution < -0.4 is 10.8 Å². The molecule has 0 aromatic heterocycles. The van der Waals surface area contributed by atoms with Gasteiger partial charge in [-0.2, -0.15) is 0 Å². The van der Waals surface area contributed by atoms with E-state index in [2.05, 4.69) is 5.32 Å². The lowest BCUT2D eigenvalue weighted by molar-refractivity contribution is -0.129. The molecule has 3 N–H and O–H groups in total. The predicted octanol–water partition coefficient (Wildman–Crippen LogP) is 4.88. The molecule has 0 fully saturated rings. The number of hydrogen-bond donors (Lipinski definition) is 3. The van der Waals surface area contributed by atoms with E-state index in [0.29, 0.717) is 27.4 Å². The lowest BCUT2D eigenvalue weighted by Gasteiger charge is -2.17. The Hall–Kier alpha value is -2.86. The molecule has 1 unspecified atom stereocenters. The molecule has 0 aliphatic heterocycles. The summed E-state index contributed by atoms with van der Waals surface area (Å²) in [6.07, 6.45) is 0. The highest BCUT2D eigenvalue weighted by atomic mass is 35.5. The number of hydrogen-bond acceptors (Lipinski definition) is 3. The van der Waals surface area contributed by atoms with Gasteiger partial charge in [0, 0.05) is 11.3 Å². The van der Waals surface area contributed by atoms with Crippen molar-refractivity contribution in [1.29, 1.82) is 0 Å². The molecular formula is C21H16Cl2N2O3. The molecule has 0 aliphatic rings. The number of carbonyl (C=O) groups is 2. The minimum Gasteiger partial charge on any atom is -0.322 e. The van der Waals surface area contributed by atoms with Gasteiger partial charge in [0.15, 0.2) is 0 Å². The van der Waals surface area contributed by atoms with Gasteiger partial charge >= 0.3 is 0 Å². The standard InChI is InChI=1S/C21H16Cl2N2O3/c22-17-10-9-15(12-18(17)23)20(26)24-16-8-4-7-14(11-16)19(21(27)25-28)13-5-2-1-3-6-13/h1-12,19,28H,(H,24,26)(H,25,27). The highest BCUT2D eigenvalue weighted by molar-refractivity contribution is 6.42. The number of benzene rings is 3. The zero-order valence-electron chi connectivity index (χ0n) is 14.5. The molecule has 5 nitrogen and oxygen atoms in total. The molecule has 1 atom stereocenters. The summed E-state index contributed by atoms with van der Waals surface area (Å²) in [7, 11) is 0. The van der Waals surface area contributed by atoms with Gasteiger partial charge in [-0.25, -0.2) is 5.48 Å². The summed E-state index contributed by atoms with van der Waals surface area (Å²) in [6.45, 7) is 0. The highest BCUT2D eigenvalue weighted by Gasteiger charge is 2.22. The van der Waals surface area contributed by atoms with Gasteiger partial charge in [-0.1, -0.05) is 65.7 Å². The van der Waals surface area contributed by atoms with Crippen molar-refractivity contribution in [3.63, 3.8) is 0 Å². The van der Waals surface area contributed by atoms with Crippen LogP contribution in [-0.4, -0.2) is 17.0 Å². The van der Waals surface area contributed by atoms with Crippen molar-refractivity contribution in [3.05, 3.63) is 99.5 Å². The molecule has 0 radical (unpaired) electrons. The molecule has 0 saturated carbocycles. The third kappa shape index (κ3) is 4.51. The second-order valence-corrected chi connectivity index (χ2v) is 6.84. The van der Waals surface area contributed by atoms with E-state index >= 15 is 0 Å². The Morgan fingerprint density at radius 1 is 0.821 bits per heavy atom. The van der Waals surface area contributed by atoms with Crippen LogP contribution in [0.4, 0.5) is 5.69 Å². The normalized spacial score (nSPS) is 11.5. The maximum atomic E-state index is 12.5. The third-order valence-corrected chi connectivity index (χ3v) is 4.90. The second kappa shape index (κ2) is 8.89. The van der Waals surface area contributed by atoms with Gasteiger partial charge in [0.1, 0.15) is 0 Å². The van der Waals surface area contributed by atoms with Crippen molar-refractivity contribution in [1.82, 2.24) is 5.48 Å². The molecular weight excluding hydrogens is 399 g/mol. The Labute approximate surface area is 171 Å². The first-order chi connectivity index (χ1) is 13.5. The lowest BCUT2D eigenvalue weighted by Crippen LogP contribution is -2.27. The van der Waals surface area contributed by atoms with Crippen LogP contribution in [0.25, 0.3) is 0 Å². The fourth-order valence-electron chi connectivity index (χ4n) is 2.84. The smallest absolute Gasteiger partial charge is 0.255 e. The topological polar surface area (TPSA) is 78.4 Å². The molecule has 0 aliphatic carbocycles. The SMILES string of the molecule is O=C(Nc1cccc(C(C(=O)NO)c2ccccc2)c1)c1ccc(Cl)c(Cl)c1. The zero-order valence-corrected chi connectivity index (χ0v) is 16.0. The quantitative estimate of drug-likeness (QED) is 0.411. The van der Waals surface area contributed by atoms with Crippen molar-refractivity contribution in [3.8, 4) is 0 Å². The van der Waals surface area contributed by atoms with Crippen molar-refractivity contribution < 1.29 is 14.8 Å². The molecule has 3 aromatic carbocycles. The van der Waals surface area contributed by atoms with E-state index in [0.717, 1.165) is 0 Å². The second-order valence-electron chi connectivity index (χ2n) is 6.03. The summed E-state index contributed by atoms with van der Waals surface area (Å²) in [6, 6.07) is 20.5. The summed E-state index contributed by atoms with van der Waals surface area (Å²) < 4.78 is 0. The first-order valence-electron chi connectivity index (χ1n) is 8.35. The number of amides is 2. The minimum absolute atomic E-state index is 0.284. The average molecular weight is 415 g/mol. The van der Waals surface area contributed by atoms with E-state index in [1.807, 2.05) is 18.2 Å². The molecule has 28 heavy (non-hydrogen) atoms. The molecule has 0 spiro atoms. The van der Waals surface area contributed by atoms with E-state index in [1.54, 1.807) is 54.0 Å². The Morgan fingerprint density at radius 2 is 1.54 bits per heavy atom. The van der Waals surface area contributed by atoms with E-state index in [9.17, 15) is 9.59 Å². The maximum absolute atomic E-state index is 12.5. The molecule has 2 amide bonds. The van der Waals surface area contributed by atoms with Gasteiger partial charge in [0.2, 0.25) is 0 Å². The van der Waals surface area contributed by atoms with Crippen molar-refractivity contribution in [2.24, 2.45) is 0 Å². The monoisotopic (exact) mass is 414 g/mol. The number of hydroxylamine groups is 1. The summed E-state index contributed by atoms with van der Waals surface area (Å²) >= 11 is 11.8. The number of nitrogens with one attached hydrogen (secondary N) is 2. The highest BCUT2D eigenvalue weighted by Crippen LogP contribution is 2.27. The molecule has 7 heteroatoms. The predicted molar refractivity (Wildman–Crippen MR) is 109 cm³/mol. The first-order valence-corrected chi connectivity index (χ1v) is 9.10. The van der Waals surface area contributed by atoms with Crippen LogP contribution in [0, 0.1) is 0 Å². The number of anilines is 1. The summed E-state index contributed by atoms with van der Waals surface area (Å²) in [5.74, 6) is -1.66. The fraction of sp³-hybridized carbons (Fsp3) is 0.0476. The Kier molecular flexibility index (Phi) is 6.31. The van der Waals surface area contributed by atoms with Crippen LogP contribution in [-0.2, 0) is 4.79 Å². The van der Waals surface area contributed by atoms with Gasteiger partial charge in [-0.05, 0) is 41.5 Å². The summed E-state index contributed by atoms with van der Waals surface area (Å²) in [4.78, 5) is 24.7. The third-order valence-electron chi connectivity index (χ3n) is 4.16. The van der Waals surface area contributed by atoms with Crippen LogP contribution in [0.2, 0.25) is 10.0 Å². The van der Waals surface area contributed by atoms with Gasteiger partial charge in [-0.15, -0.1) is 0 Å². The maximum Gasteiger partial charge on any atom is 0.255 e. The molecule has 0 heterocycles. The minimum atomic E-state index is -0.729. The van der Waals surface area contributed by atoms with Crippen molar-refractivity contribution in [2.45, 2.75) is 5.92 Å². The van der Waals surface area contributed by atoms with Crippen LogP contribution in [0.3, 0.4) is 0 Å². The zero-order chi connectivity index (χ0) is 20.1. The van der Waals surface area contributed by atoms with Crippen molar-refractivity contribution in [2.75, 3.05) is 5.32 Å². The van der Waals surface area contributed by atoms with Gasteiger partial charge in [0.05, 0.1) is 16.0 Å². The number of carbonyl (C=O) groups excluding carboxylic acids is 2. The van der Waals surface area contributed by atoms with Crippen LogP contribution in [0.5, 0.6) is 0 Å². The number of rotatable bonds is 5. The Balaban J connectivity index is 1.89. The number of halogens is 2. The summed E-state index contributed by atoms with van der Waals surface area (Å²) in [5, 5.41) is 12.6. The molecule has 0 bridgehead atoms. The van der Waals surface area contributed by atoms with Crippen molar-refractivity contribution >= 4 is 40.7 Å². The van der Waals surface area contributed by atoms with E-state index in [4.69, 9.17) is 28.4 Å². The largest absolute Gasteiger partial charge is 0.322 e. The Bertz CT molecular complexity index is 1010. The van der Waals surface area contributed by atoms with Crippen LogP contribution in [0.15, 0.2) is 72.8 Å². The van der Waals surface area contributed by atoms with Crippen LogP contribution in [0.1, 0.15) is 27.4 Å². The molecule has 3 aromatic rings. The summed E-state index contributed by atoms with van der Waals surface area (Å²) in [5.41, 5.74) is 3.89. The fourth-order valence-corrected chi connectivity index (χ4v) is 3.14. The van der Waals surface area contributed by atoms with Gasteiger partial charge in [-0.3, -0.25) is 14.8 Å².